The monoisotopic (exact) mass is 1150 g/mol. The lowest BCUT2D eigenvalue weighted by Crippen LogP contribution is -2.30. The van der Waals surface area contributed by atoms with Crippen molar-refractivity contribution in [3.05, 3.63) is 109 Å². The summed E-state index contributed by atoms with van der Waals surface area (Å²) < 4.78 is 17.0. The molecule has 0 spiro atoms. The molecule has 6 nitrogen and oxygen atoms in total. The Bertz CT molecular complexity index is 1660. The molecule has 0 radical (unpaired) electrons. The number of ether oxygens (including phenoxy) is 3. The number of esters is 3. The Morgan fingerprint density at radius 3 is 0.759 bits per heavy atom. The van der Waals surface area contributed by atoms with E-state index in [0.717, 1.165) is 122 Å². The number of unbranched alkanes of at least 4 members (excludes halogenated alkanes) is 35. The Kier molecular flexibility index (Phi) is 67.2. The predicted octanol–water partition coefficient (Wildman–Crippen LogP) is 24.6. The maximum atomic E-state index is 13.0. The highest BCUT2D eigenvalue weighted by Crippen LogP contribution is 2.17. The smallest absolute Gasteiger partial charge is 0.306 e. The van der Waals surface area contributed by atoms with Crippen LogP contribution in [0.1, 0.15) is 342 Å². The fraction of sp³-hybridized carbons (Fsp3) is 0.727. The van der Waals surface area contributed by atoms with Crippen molar-refractivity contribution < 1.29 is 28.6 Å². The molecule has 1 atom stereocenters. The van der Waals surface area contributed by atoms with E-state index in [1.165, 1.54) is 180 Å². The van der Waals surface area contributed by atoms with Crippen LogP contribution in [0.2, 0.25) is 0 Å². The van der Waals surface area contributed by atoms with E-state index >= 15 is 0 Å². The molecule has 0 aromatic heterocycles. The summed E-state index contributed by atoms with van der Waals surface area (Å²) in [7, 11) is 0. The van der Waals surface area contributed by atoms with Crippen LogP contribution in [0.3, 0.4) is 0 Å². The first-order valence-electron chi connectivity index (χ1n) is 35.4. The molecule has 6 heteroatoms. The lowest BCUT2D eigenvalue weighted by atomic mass is 10.0. The van der Waals surface area contributed by atoms with Crippen LogP contribution < -0.4 is 0 Å². The van der Waals surface area contributed by atoms with Gasteiger partial charge in [0.15, 0.2) is 6.10 Å². The molecule has 0 heterocycles. The summed E-state index contributed by atoms with van der Waals surface area (Å²) in [5, 5.41) is 0. The highest BCUT2D eigenvalue weighted by molar-refractivity contribution is 5.71. The van der Waals surface area contributed by atoms with Gasteiger partial charge in [-0.1, -0.05) is 304 Å². The largest absolute Gasteiger partial charge is 0.462 e. The zero-order chi connectivity index (χ0) is 59.9. The first-order chi connectivity index (χ1) is 41.0. The molecule has 476 valence electrons. The van der Waals surface area contributed by atoms with E-state index in [2.05, 4.69) is 130 Å². The van der Waals surface area contributed by atoms with Crippen molar-refractivity contribution in [2.24, 2.45) is 0 Å². The predicted molar refractivity (Wildman–Crippen MR) is 362 cm³/mol. The van der Waals surface area contributed by atoms with Gasteiger partial charge in [0.25, 0.3) is 0 Å². The minimum atomic E-state index is -0.792. The highest BCUT2D eigenvalue weighted by Gasteiger charge is 2.19. The molecule has 0 fully saturated rings. The first kappa shape index (κ1) is 79.1. The molecule has 0 aromatic carbocycles. The van der Waals surface area contributed by atoms with Gasteiger partial charge in [-0.2, -0.15) is 0 Å². The molecule has 0 N–H and O–H groups in total. The molecule has 0 rings (SSSR count). The van der Waals surface area contributed by atoms with Gasteiger partial charge in [0.2, 0.25) is 0 Å². The summed E-state index contributed by atoms with van der Waals surface area (Å²) in [6, 6.07) is 0. The van der Waals surface area contributed by atoms with Gasteiger partial charge in [-0.25, -0.2) is 0 Å². The van der Waals surface area contributed by atoms with Gasteiger partial charge in [-0.3, -0.25) is 14.4 Å². The number of carbonyl (C=O) groups is 3. The molecule has 0 aliphatic carbocycles. The molecule has 0 bridgehead atoms. The topological polar surface area (TPSA) is 78.9 Å². The van der Waals surface area contributed by atoms with Crippen molar-refractivity contribution in [1.29, 1.82) is 0 Å². The Morgan fingerprint density at radius 1 is 0.253 bits per heavy atom. The van der Waals surface area contributed by atoms with Crippen molar-refractivity contribution in [3.63, 3.8) is 0 Å². The zero-order valence-corrected chi connectivity index (χ0v) is 54.7. The number of carbonyl (C=O) groups excluding carboxylic acids is 3. The van der Waals surface area contributed by atoms with Crippen molar-refractivity contribution in [2.75, 3.05) is 13.2 Å². The Labute approximate surface area is 514 Å². The SMILES string of the molecule is CC/C=C\C/C=C\C/C=C\C/C=C\CCCCCCCCCCCCCCCCC(=O)OCC(COC(=O)CCCCCCCCC/C=C\C/C=C\CCCCC)OC(=O)CCCCCCCC/C=C\C/C=C\C/C=C\CCCCCCC. The third-order valence-corrected chi connectivity index (χ3v) is 15.2. The van der Waals surface area contributed by atoms with Crippen LogP contribution in [0, 0.1) is 0 Å². The summed E-state index contributed by atoms with van der Waals surface area (Å²) >= 11 is 0. The van der Waals surface area contributed by atoms with Crippen molar-refractivity contribution >= 4 is 17.9 Å². The van der Waals surface area contributed by atoms with Crippen molar-refractivity contribution in [3.8, 4) is 0 Å². The maximum Gasteiger partial charge on any atom is 0.306 e. The number of allylic oxidation sites excluding steroid dienone is 18. The molecule has 0 aromatic rings. The summed E-state index contributed by atoms with van der Waals surface area (Å²) in [6.07, 6.45) is 96.7. The van der Waals surface area contributed by atoms with Crippen LogP contribution in [0.5, 0.6) is 0 Å². The molecule has 0 aliphatic rings. The van der Waals surface area contributed by atoms with Crippen LogP contribution >= 0.6 is 0 Å². The van der Waals surface area contributed by atoms with Crippen LogP contribution in [0.25, 0.3) is 0 Å². The summed E-state index contributed by atoms with van der Waals surface area (Å²) in [5.41, 5.74) is 0. The quantitative estimate of drug-likeness (QED) is 0.0261. The second kappa shape index (κ2) is 70.6. The zero-order valence-electron chi connectivity index (χ0n) is 54.7. The molecular weight excluding hydrogens is 1020 g/mol. The standard InChI is InChI=1S/C77H132O6/c1-4-7-10-13-16-19-22-25-28-31-33-35-36-37-38-39-40-42-43-46-49-52-55-58-61-64-67-70-76(79)82-73-74(72-81-75(78)69-66-63-60-57-54-51-48-45-30-27-24-21-18-15-12-9-6-3)83-77(80)71-68-65-62-59-56-53-50-47-44-41-34-32-29-26-23-20-17-14-11-8-5-2/h7,10,16,18-19,21,23,25-28,30,32-35,44,47,74H,4-6,8-9,11-15,17,20,22,24,29,31,36-43,45-46,48-73H2,1-3H3/b10-7-,19-16-,21-18-,26-23-,28-25-,30-27-,34-32-,35-33-,47-44-. The molecular formula is C77H132O6. The van der Waals surface area contributed by atoms with Crippen LogP contribution in [0.4, 0.5) is 0 Å². The molecule has 83 heavy (non-hydrogen) atoms. The average molecular weight is 1150 g/mol. The Hall–Kier alpha value is -3.93. The lowest BCUT2D eigenvalue weighted by Gasteiger charge is -2.18. The number of rotatable bonds is 64. The molecule has 0 saturated carbocycles. The van der Waals surface area contributed by atoms with E-state index < -0.39 is 6.10 Å². The van der Waals surface area contributed by atoms with Crippen molar-refractivity contribution in [1.82, 2.24) is 0 Å². The highest BCUT2D eigenvalue weighted by atomic mass is 16.6. The third-order valence-electron chi connectivity index (χ3n) is 15.2. The van der Waals surface area contributed by atoms with Crippen LogP contribution in [-0.4, -0.2) is 37.2 Å². The first-order valence-corrected chi connectivity index (χ1v) is 35.4. The van der Waals surface area contributed by atoms with Gasteiger partial charge in [-0.05, 0) is 128 Å². The average Bonchev–Trinajstić information content (AvgIpc) is 3.49. The van der Waals surface area contributed by atoms with E-state index in [9.17, 15) is 14.4 Å². The normalized spacial score (nSPS) is 12.8. The van der Waals surface area contributed by atoms with E-state index in [4.69, 9.17) is 14.2 Å². The maximum absolute atomic E-state index is 13.0. The van der Waals surface area contributed by atoms with Gasteiger partial charge in [0.05, 0.1) is 0 Å². The van der Waals surface area contributed by atoms with E-state index in [0.29, 0.717) is 19.3 Å². The second-order valence-electron chi connectivity index (χ2n) is 23.4. The second-order valence-corrected chi connectivity index (χ2v) is 23.4. The summed E-state index contributed by atoms with van der Waals surface area (Å²) in [4.78, 5) is 38.5. The fourth-order valence-electron chi connectivity index (χ4n) is 9.94. The molecule has 0 saturated heterocycles. The Morgan fingerprint density at radius 2 is 0.470 bits per heavy atom. The van der Waals surface area contributed by atoms with E-state index in [1.54, 1.807) is 0 Å². The lowest BCUT2D eigenvalue weighted by molar-refractivity contribution is -0.167. The van der Waals surface area contributed by atoms with Crippen LogP contribution in [-0.2, 0) is 28.6 Å². The molecule has 0 aliphatic heterocycles. The van der Waals surface area contributed by atoms with E-state index in [1.807, 2.05) is 0 Å². The number of hydrogen-bond donors (Lipinski definition) is 0. The summed E-state index contributed by atoms with van der Waals surface area (Å²) in [6.45, 7) is 6.51. The fourth-order valence-corrected chi connectivity index (χ4v) is 9.94. The van der Waals surface area contributed by atoms with Crippen LogP contribution in [0.15, 0.2) is 109 Å². The van der Waals surface area contributed by atoms with Gasteiger partial charge >= 0.3 is 17.9 Å². The molecule has 0 amide bonds. The van der Waals surface area contributed by atoms with E-state index in [-0.39, 0.29) is 31.1 Å². The van der Waals surface area contributed by atoms with Gasteiger partial charge in [0.1, 0.15) is 13.2 Å². The number of hydrogen-bond acceptors (Lipinski definition) is 6. The minimum Gasteiger partial charge on any atom is -0.462 e. The van der Waals surface area contributed by atoms with Gasteiger partial charge in [0, 0.05) is 19.3 Å². The molecule has 1 unspecified atom stereocenters. The van der Waals surface area contributed by atoms with Gasteiger partial charge < -0.3 is 14.2 Å². The minimum absolute atomic E-state index is 0.0854. The third kappa shape index (κ3) is 68.7. The van der Waals surface area contributed by atoms with Crippen molar-refractivity contribution in [2.45, 2.75) is 348 Å². The Balaban J connectivity index is 4.36. The summed E-state index contributed by atoms with van der Waals surface area (Å²) in [5.74, 6) is -0.893. The van der Waals surface area contributed by atoms with Gasteiger partial charge in [-0.15, -0.1) is 0 Å².